The first kappa shape index (κ1) is 12.2. The molecule has 1 unspecified atom stereocenters. The van der Waals surface area contributed by atoms with Crippen molar-refractivity contribution in [3.63, 3.8) is 0 Å². The Balaban J connectivity index is 4.07. The van der Waals surface area contributed by atoms with Gasteiger partial charge in [-0.15, -0.1) is 0 Å². The molecule has 0 aromatic heterocycles. The van der Waals surface area contributed by atoms with E-state index in [1.54, 1.807) is 6.20 Å². The fourth-order valence-corrected chi connectivity index (χ4v) is 1.31. The van der Waals surface area contributed by atoms with E-state index in [4.69, 9.17) is 0 Å². The minimum Gasteiger partial charge on any atom is -0.273 e. The number of aliphatic imine (C=N–C) groups is 1. The molecule has 1 heteroatoms. The first-order valence-corrected chi connectivity index (χ1v) is 4.87. The van der Waals surface area contributed by atoms with Gasteiger partial charge in [0.15, 0.2) is 0 Å². The monoisotopic (exact) mass is 179 g/mol. The van der Waals surface area contributed by atoms with Crippen LogP contribution in [0.4, 0.5) is 0 Å². The highest BCUT2D eigenvalue weighted by atomic mass is 14.6. The lowest BCUT2D eigenvalue weighted by Crippen LogP contribution is -2.00. The SMILES string of the molecule is C=N/C=C\C=C(/C)C(C)CC(C)C. The van der Waals surface area contributed by atoms with Crippen molar-refractivity contribution in [3.05, 3.63) is 23.9 Å². The lowest BCUT2D eigenvalue weighted by atomic mass is 9.92. The largest absolute Gasteiger partial charge is 0.273 e. The highest BCUT2D eigenvalue weighted by Gasteiger charge is 2.05. The third-order valence-corrected chi connectivity index (χ3v) is 2.15. The van der Waals surface area contributed by atoms with Gasteiger partial charge < -0.3 is 0 Å². The van der Waals surface area contributed by atoms with Gasteiger partial charge >= 0.3 is 0 Å². The van der Waals surface area contributed by atoms with E-state index >= 15 is 0 Å². The van der Waals surface area contributed by atoms with Crippen molar-refractivity contribution in [2.45, 2.75) is 34.1 Å². The lowest BCUT2D eigenvalue weighted by molar-refractivity contribution is 0.486. The summed E-state index contributed by atoms with van der Waals surface area (Å²) in [6.45, 7) is 12.3. The van der Waals surface area contributed by atoms with Crippen LogP contribution in [0.2, 0.25) is 0 Å². The molecular formula is C12H21N. The van der Waals surface area contributed by atoms with Gasteiger partial charge in [0.05, 0.1) is 0 Å². The molecule has 0 saturated heterocycles. The maximum atomic E-state index is 3.65. The fourth-order valence-electron chi connectivity index (χ4n) is 1.31. The Kier molecular flexibility index (Phi) is 6.21. The Labute approximate surface area is 82.3 Å². The average molecular weight is 179 g/mol. The van der Waals surface area contributed by atoms with Gasteiger partial charge in [-0.05, 0) is 38.0 Å². The van der Waals surface area contributed by atoms with Crippen LogP contribution in [0.1, 0.15) is 34.1 Å². The molecule has 0 radical (unpaired) electrons. The van der Waals surface area contributed by atoms with Crippen molar-refractivity contribution in [2.24, 2.45) is 16.8 Å². The van der Waals surface area contributed by atoms with Crippen LogP contribution in [0.3, 0.4) is 0 Å². The Bertz CT molecular complexity index is 199. The standard InChI is InChI=1S/C12H21N/c1-10(2)9-12(4)11(3)7-6-8-13-5/h6-8,10,12H,5,9H2,1-4H3/b8-6-,11-7+. The van der Waals surface area contributed by atoms with Crippen LogP contribution < -0.4 is 0 Å². The van der Waals surface area contributed by atoms with E-state index < -0.39 is 0 Å². The van der Waals surface area contributed by atoms with Crippen LogP contribution >= 0.6 is 0 Å². The Morgan fingerprint density at radius 2 is 2.00 bits per heavy atom. The number of nitrogens with zero attached hydrogens (tertiary/aromatic N) is 1. The number of allylic oxidation sites excluding steroid dienone is 3. The zero-order chi connectivity index (χ0) is 10.3. The third-order valence-electron chi connectivity index (χ3n) is 2.15. The average Bonchev–Trinajstić information content (AvgIpc) is 2.03. The molecule has 0 amide bonds. The summed E-state index contributed by atoms with van der Waals surface area (Å²) in [5.41, 5.74) is 1.41. The molecule has 0 heterocycles. The maximum Gasteiger partial charge on any atom is 0.0260 e. The lowest BCUT2D eigenvalue weighted by Gasteiger charge is -2.13. The summed E-state index contributed by atoms with van der Waals surface area (Å²) in [5.74, 6) is 1.43. The van der Waals surface area contributed by atoms with Gasteiger partial charge in [-0.3, -0.25) is 4.99 Å². The van der Waals surface area contributed by atoms with E-state index in [-0.39, 0.29) is 0 Å². The summed E-state index contributed by atoms with van der Waals surface area (Å²) in [4.78, 5) is 3.65. The highest BCUT2D eigenvalue weighted by Crippen LogP contribution is 2.18. The number of hydrogen-bond acceptors (Lipinski definition) is 1. The van der Waals surface area contributed by atoms with Crippen LogP contribution in [-0.2, 0) is 0 Å². The molecule has 74 valence electrons. The molecule has 0 aliphatic heterocycles. The van der Waals surface area contributed by atoms with Gasteiger partial charge in [0.2, 0.25) is 0 Å². The number of rotatable bonds is 5. The second kappa shape index (κ2) is 6.64. The van der Waals surface area contributed by atoms with Crippen LogP contribution in [0.25, 0.3) is 0 Å². The molecule has 0 aromatic rings. The van der Waals surface area contributed by atoms with Crippen LogP contribution in [-0.4, -0.2) is 6.72 Å². The Morgan fingerprint density at radius 1 is 1.38 bits per heavy atom. The quantitative estimate of drug-likeness (QED) is 0.449. The molecule has 0 N–H and O–H groups in total. The van der Waals surface area contributed by atoms with E-state index in [0.29, 0.717) is 5.92 Å². The maximum absolute atomic E-state index is 3.65. The molecular weight excluding hydrogens is 158 g/mol. The molecule has 0 rings (SSSR count). The highest BCUT2D eigenvalue weighted by molar-refractivity contribution is 5.26. The van der Waals surface area contributed by atoms with Crippen molar-refractivity contribution >= 4 is 6.72 Å². The Hall–Kier alpha value is -0.850. The van der Waals surface area contributed by atoms with Crippen molar-refractivity contribution in [1.82, 2.24) is 0 Å². The molecule has 0 bridgehead atoms. The first-order chi connectivity index (χ1) is 6.07. The summed E-state index contributed by atoms with van der Waals surface area (Å²) >= 11 is 0. The summed E-state index contributed by atoms with van der Waals surface area (Å²) in [7, 11) is 0. The minimum atomic E-state index is 0.662. The molecule has 0 fully saturated rings. The van der Waals surface area contributed by atoms with Crippen molar-refractivity contribution < 1.29 is 0 Å². The number of hydrogen-bond donors (Lipinski definition) is 0. The van der Waals surface area contributed by atoms with E-state index in [1.165, 1.54) is 12.0 Å². The van der Waals surface area contributed by atoms with E-state index in [1.807, 2.05) is 6.08 Å². The van der Waals surface area contributed by atoms with E-state index in [0.717, 1.165) is 5.92 Å². The summed E-state index contributed by atoms with van der Waals surface area (Å²) in [5, 5.41) is 0. The molecule has 1 atom stereocenters. The van der Waals surface area contributed by atoms with Crippen molar-refractivity contribution in [2.75, 3.05) is 0 Å². The van der Waals surface area contributed by atoms with Gasteiger partial charge in [-0.25, -0.2) is 0 Å². The van der Waals surface area contributed by atoms with Gasteiger partial charge in [-0.2, -0.15) is 0 Å². The summed E-state index contributed by atoms with van der Waals surface area (Å²) in [6.07, 6.45) is 7.02. The second-order valence-corrected chi connectivity index (χ2v) is 3.97. The van der Waals surface area contributed by atoms with Gasteiger partial charge in [-0.1, -0.05) is 32.4 Å². The van der Waals surface area contributed by atoms with Crippen molar-refractivity contribution in [1.29, 1.82) is 0 Å². The van der Waals surface area contributed by atoms with Crippen LogP contribution in [0.5, 0.6) is 0 Å². The van der Waals surface area contributed by atoms with Crippen LogP contribution in [0.15, 0.2) is 28.9 Å². The second-order valence-electron chi connectivity index (χ2n) is 3.97. The predicted octanol–water partition coefficient (Wildman–Crippen LogP) is 3.83. The van der Waals surface area contributed by atoms with Gasteiger partial charge in [0, 0.05) is 6.20 Å². The van der Waals surface area contributed by atoms with E-state index in [9.17, 15) is 0 Å². The Morgan fingerprint density at radius 3 is 2.46 bits per heavy atom. The molecule has 0 spiro atoms. The summed E-state index contributed by atoms with van der Waals surface area (Å²) in [6, 6.07) is 0. The minimum absolute atomic E-state index is 0.662. The first-order valence-electron chi connectivity index (χ1n) is 4.87. The molecule has 0 aliphatic rings. The van der Waals surface area contributed by atoms with E-state index in [2.05, 4.69) is 45.5 Å². The molecule has 0 aliphatic carbocycles. The third kappa shape index (κ3) is 6.32. The van der Waals surface area contributed by atoms with Crippen LogP contribution in [0, 0.1) is 11.8 Å². The molecule has 13 heavy (non-hydrogen) atoms. The fraction of sp³-hybridized carbons (Fsp3) is 0.583. The van der Waals surface area contributed by atoms with Gasteiger partial charge in [0.1, 0.15) is 0 Å². The molecule has 0 aromatic carbocycles. The summed E-state index contributed by atoms with van der Waals surface area (Å²) < 4.78 is 0. The van der Waals surface area contributed by atoms with Gasteiger partial charge in [0.25, 0.3) is 0 Å². The topological polar surface area (TPSA) is 12.4 Å². The molecule has 1 nitrogen and oxygen atoms in total. The smallest absolute Gasteiger partial charge is 0.0260 e. The normalized spacial score (nSPS) is 15.3. The predicted molar refractivity (Wildman–Crippen MR) is 61.1 cm³/mol. The molecule has 0 saturated carbocycles. The van der Waals surface area contributed by atoms with Crippen molar-refractivity contribution in [3.8, 4) is 0 Å². The zero-order valence-corrected chi connectivity index (χ0v) is 9.25. The zero-order valence-electron chi connectivity index (χ0n) is 9.25.